The van der Waals surface area contributed by atoms with Crippen LogP contribution in [0.4, 0.5) is 0 Å². The Hall–Kier alpha value is -2.35. The molecule has 0 amide bonds. The van der Waals surface area contributed by atoms with Crippen molar-refractivity contribution in [1.82, 2.24) is 20.4 Å². The molecule has 3 aromatic rings. The predicted molar refractivity (Wildman–Crippen MR) is 140 cm³/mol. The third kappa shape index (κ3) is 6.82. The van der Waals surface area contributed by atoms with Crippen LogP contribution in [0.25, 0.3) is 0 Å². The molecule has 1 heterocycles. The molecule has 0 unspecified atom stereocenters. The standard InChI is InChI=1S/C25H33N5.HI/c1-5-26-25(28-18-24-19(2)29-30(4)20(24)3)27-17-16-23(21-12-8-6-9-13-21)22-14-10-7-11-15-22;/h6-15,23H,5,16-18H2,1-4H3,(H2,26,27,28);1H. The maximum Gasteiger partial charge on any atom is 0.191 e. The van der Waals surface area contributed by atoms with Crippen LogP contribution >= 0.6 is 24.0 Å². The number of halogens is 1. The average Bonchev–Trinajstić information content (AvgIpc) is 3.01. The van der Waals surface area contributed by atoms with E-state index in [2.05, 4.69) is 90.2 Å². The van der Waals surface area contributed by atoms with Gasteiger partial charge in [0.25, 0.3) is 0 Å². The van der Waals surface area contributed by atoms with Gasteiger partial charge < -0.3 is 10.6 Å². The van der Waals surface area contributed by atoms with Gasteiger partial charge in [-0.15, -0.1) is 24.0 Å². The number of guanidine groups is 1. The molecule has 0 atom stereocenters. The summed E-state index contributed by atoms with van der Waals surface area (Å²) in [4.78, 5) is 4.80. The molecule has 6 heteroatoms. The van der Waals surface area contributed by atoms with E-state index < -0.39 is 0 Å². The van der Waals surface area contributed by atoms with Crippen molar-refractivity contribution in [3.05, 3.63) is 88.7 Å². The van der Waals surface area contributed by atoms with Crippen LogP contribution in [-0.2, 0) is 13.6 Å². The second-order valence-electron chi connectivity index (χ2n) is 7.56. The smallest absolute Gasteiger partial charge is 0.191 e. The molecular weight excluding hydrogens is 497 g/mol. The van der Waals surface area contributed by atoms with Gasteiger partial charge in [-0.25, -0.2) is 4.99 Å². The number of aryl methyl sites for hydroxylation is 2. The molecule has 0 radical (unpaired) electrons. The van der Waals surface area contributed by atoms with Gasteiger partial charge in [0.2, 0.25) is 0 Å². The zero-order chi connectivity index (χ0) is 21.3. The monoisotopic (exact) mass is 531 g/mol. The van der Waals surface area contributed by atoms with Crippen LogP contribution in [0.5, 0.6) is 0 Å². The van der Waals surface area contributed by atoms with E-state index in [-0.39, 0.29) is 24.0 Å². The van der Waals surface area contributed by atoms with Crippen molar-refractivity contribution < 1.29 is 0 Å². The predicted octanol–water partition coefficient (Wildman–Crippen LogP) is 4.93. The Kier molecular flexibility index (Phi) is 10.0. The topological polar surface area (TPSA) is 54.2 Å². The minimum absolute atomic E-state index is 0. The minimum atomic E-state index is 0. The molecule has 0 aliphatic heterocycles. The van der Waals surface area contributed by atoms with Gasteiger partial charge in [-0.2, -0.15) is 5.10 Å². The van der Waals surface area contributed by atoms with Crippen LogP contribution in [-0.4, -0.2) is 28.8 Å². The highest BCUT2D eigenvalue weighted by Gasteiger charge is 2.14. The van der Waals surface area contributed by atoms with Gasteiger partial charge in [-0.1, -0.05) is 60.7 Å². The molecule has 0 bridgehead atoms. The number of hydrogen-bond acceptors (Lipinski definition) is 2. The van der Waals surface area contributed by atoms with Crippen LogP contribution < -0.4 is 10.6 Å². The molecule has 5 nitrogen and oxygen atoms in total. The largest absolute Gasteiger partial charge is 0.357 e. The lowest BCUT2D eigenvalue weighted by Crippen LogP contribution is -2.38. The SMILES string of the molecule is CCNC(=NCc1c(C)nn(C)c1C)NCCC(c1ccccc1)c1ccccc1.I. The Labute approximate surface area is 203 Å². The highest BCUT2D eigenvalue weighted by Crippen LogP contribution is 2.27. The number of nitrogens with zero attached hydrogens (tertiary/aromatic N) is 3. The molecule has 2 N–H and O–H groups in total. The fraction of sp³-hybridized carbons (Fsp3) is 0.360. The summed E-state index contributed by atoms with van der Waals surface area (Å²) in [6, 6.07) is 21.5. The molecule has 3 rings (SSSR count). The van der Waals surface area contributed by atoms with Crippen molar-refractivity contribution in [3.8, 4) is 0 Å². The number of rotatable bonds is 8. The number of benzene rings is 2. The molecule has 166 valence electrons. The third-order valence-corrected chi connectivity index (χ3v) is 5.53. The molecule has 0 spiro atoms. The second kappa shape index (κ2) is 12.5. The van der Waals surface area contributed by atoms with E-state index in [0.717, 1.165) is 31.2 Å². The Morgan fingerprint density at radius 2 is 1.55 bits per heavy atom. The molecule has 0 fully saturated rings. The summed E-state index contributed by atoms with van der Waals surface area (Å²) in [7, 11) is 1.98. The third-order valence-electron chi connectivity index (χ3n) is 5.53. The van der Waals surface area contributed by atoms with Crippen LogP contribution in [0.1, 0.15) is 47.3 Å². The average molecular weight is 531 g/mol. The van der Waals surface area contributed by atoms with Crippen molar-refractivity contribution in [2.24, 2.45) is 12.0 Å². The first-order chi connectivity index (χ1) is 14.6. The van der Waals surface area contributed by atoms with E-state index in [1.54, 1.807) is 0 Å². The summed E-state index contributed by atoms with van der Waals surface area (Å²) in [5.41, 5.74) is 6.09. The van der Waals surface area contributed by atoms with E-state index >= 15 is 0 Å². The van der Waals surface area contributed by atoms with E-state index in [1.807, 2.05) is 18.7 Å². The molecule has 2 aromatic carbocycles. The van der Waals surface area contributed by atoms with Crippen LogP contribution in [0.2, 0.25) is 0 Å². The maximum atomic E-state index is 4.80. The van der Waals surface area contributed by atoms with E-state index in [1.165, 1.54) is 22.4 Å². The lowest BCUT2D eigenvalue weighted by Gasteiger charge is -2.19. The van der Waals surface area contributed by atoms with Crippen LogP contribution in [0.15, 0.2) is 65.7 Å². The Bertz CT molecular complexity index is 911. The highest BCUT2D eigenvalue weighted by atomic mass is 127. The fourth-order valence-electron chi connectivity index (χ4n) is 3.78. The van der Waals surface area contributed by atoms with Gasteiger partial charge in [-0.05, 0) is 38.3 Å². The van der Waals surface area contributed by atoms with Crippen molar-refractivity contribution in [2.45, 2.75) is 39.7 Å². The zero-order valence-electron chi connectivity index (χ0n) is 18.9. The first-order valence-electron chi connectivity index (χ1n) is 10.7. The summed E-state index contributed by atoms with van der Waals surface area (Å²) in [5, 5.41) is 11.4. The van der Waals surface area contributed by atoms with Crippen molar-refractivity contribution in [1.29, 1.82) is 0 Å². The van der Waals surface area contributed by atoms with Gasteiger partial charge >= 0.3 is 0 Å². The van der Waals surface area contributed by atoms with Crippen LogP contribution in [0, 0.1) is 13.8 Å². The first-order valence-corrected chi connectivity index (χ1v) is 10.7. The van der Waals surface area contributed by atoms with Crippen molar-refractivity contribution >= 4 is 29.9 Å². The number of nitrogens with one attached hydrogen (secondary N) is 2. The number of hydrogen-bond donors (Lipinski definition) is 2. The summed E-state index contributed by atoms with van der Waals surface area (Å²) in [6.07, 6.45) is 0.989. The summed E-state index contributed by atoms with van der Waals surface area (Å²) in [5.74, 6) is 1.20. The number of aromatic nitrogens is 2. The summed E-state index contributed by atoms with van der Waals surface area (Å²) < 4.78 is 1.92. The quantitative estimate of drug-likeness (QED) is 0.246. The van der Waals surface area contributed by atoms with Gasteiger partial charge in [0.05, 0.1) is 12.2 Å². The van der Waals surface area contributed by atoms with Gasteiger partial charge in [0, 0.05) is 37.3 Å². The van der Waals surface area contributed by atoms with Gasteiger partial charge in [-0.3, -0.25) is 4.68 Å². The summed E-state index contributed by atoms with van der Waals surface area (Å²) >= 11 is 0. The Morgan fingerprint density at radius 1 is 0.968 bits per heavy atom. The second-order valence-corrected chi connectivity index (χ2v) is 7.56. The van der Waals surface area contributed by atoms with Crippen LogP contribution in [0.3, 0.4) is 0 Å². The Balaban J connectivity index is 0.00000341. The molecule has 0 aliphatic carbocycles. The van der Waals surface area contributed by atoms with Gasteiger partial charge in [0.1, 0.15) is 0 Å². The zero-order valence-corrected chi connectivity index (χ0v) is 21.3. The van der Waals surface area contributed by atoms with E-state index in [9.17, 15) is 0 Å². The normalized spacial score (nSPS) is 11.3. The Morgan fingerprint density at radius 3 is 2.03 bits per heavy atom. The minimum Gasteiger partial charge on any atom is -0.357 e. The lowest BCUT2D eigenvalue weighted by molar-refractivity contribution is 0.679. The molecule has 0 saturated carbocycles. The highest BCUT2D eigenvalue weighted by molar-refractivity contribution is 14.0. The molecule has 0 saturated heterocycles. The molecule has 0 aliphatic rings. The molecule has 31 heavy (non-hydrogen) atoms. The van der Waals surface area contributed by atoms with E-state index in [0.29, 0.717) is 12.5 Å². The molecular formula is C25H34IN5. The summed E-state index contributed by atoms with van der Waals surface area (Å²) in [6.45, 7) is 8.52. The first kappa shape index (κ1) is 24.9. The molecule has 1 aromatic heterocycles. The van der Waals surface area contributed by atoms with Crippen molar-refractivity contribution in [2.75, 3.05) is 13.1 Å². The fourth-order valence-corrected chi connectivity index (χ4v) is 3.78. The maximum absolute atomic E-state index is 4.80. The lowest BCUT2D eigenvalue weighted by atomic mass is 9.88. The number of aliphatic imine (C=N–C) groups is 1. The van der Waals surface area contributed by atoms with Gasteiger partial charge in [0.15, 0.2) is 5.96 Å². The van der Waals surface area contributed by atoms with Crippen molar-refractivity contribution in [3.63, 3.8) is 0 Å². The van der Waals surface area contributed by atoms with E-state index in [4.69, 9.17) is 4.99 Å².